The zero-order valence-corrected chi connectivity index (χ0v) is 12.9. The lowest BCUT2D eigenvalue weighted by Crippen LogP contribution is -2.19. The number of aromatic nitrogens is 1. The molecule has 1 unspecified atom stereocenters. The summed E-state index contributed by atoms with van der Waals surface area (Å²) in [4.78, 5) is 4.70. The molecule has 0 aliphatic rings. The first-order valence-corrected chi connectivity index (χ1v) is 7.74. The van der Waals surface area contributed by atoms with Gasteiger partial charge in [0, 0.05) is 23.2 Å². The van der Waals surface area contributed by atoms with Crippen LogP contribution in [0.1, 0.15) is 31.9 Å². The minimum absolute atomic E-state index is 0.235. The Kier molecular flexibility index (Phi) is 5.70. The van der Waals surface area contributed by atoms with E-state index < -0.39 is 11.6 Å². The minimum atomic E-state index is -0.573. The van der Waals surface area contributed by atoms with E-state index in [0.717, 1.165) is 24.6 Å². The number of hydrogen-bond acceptors (Lipinski definition) is 3. The van der Waals surface area contributed by atoms with E-state index in [4.69, 9.17) is 0 Å². The lowest BCUT2D eigenvalue weighted by molar-refractivity contribution is 0.565. The molecule has 5 heteroatoms. The SMILES string of the molecule is CCCNC(C)c1ccc(Sc2ccc(F)cc2F)nc1. The number of rotatable bonds is 6. The van der Waals surface area contributed by atoms with Crippen molar-refractivity contribution < 1.29 is 8.78 Å². The summed E-state index contributed by atoms with van der Waals surface area (Å²) in [6.07, 6.45) is 2.87. The Hall–Kier alpha value is -1.46. The fourth-order valence-corrected chi connectivity index (χ4v) is 2.62. The van der Waals surface area contributed by atoms with E-state index in [9.17, 15) is 8.78 Å². The third-order valence-electron chi connectivity index (χ3n) is 3.07. The zero-order chi connectivity index (χ0) is 15.2. The van der Waals surface area contributed by atoms with E-state index in [1.165, 1.54) is 23.9 Å². The molecule has 2 nitrogen and oxygen atoms in total. The van der Waals surface area contributed by atoms with Gasteiger partial charge in [-0.25, -0.2) is 13.8 Å². The zero-order valence-electron chi connectivity index (χ0n) is 12.1. The van der Waals surface area contributed by atoms with Crippen LogP contribution in [0.4, 0.5) is 8.78 Å². The van der Waals surface area contributed by atoms with Crippen LogP contribution in [0.15, 0.2) is 46.5 Å². The normalized spacial score (nSPS) is 12.4. The molecule has 2 rings (SSSR count). The molecule has 0 saturated heterocycles. The number of halogens is 2. The predicted octanol–water partition coefficient (Wildman–Crippen LogP) is 4.57. The van der Waals surface area contributed by atoms with E-state index in [1.54, 1.807) is 6.20 Å². The first-order valence-electron chi connectivity index (χ1n) is 6.92. The molecule has 2 aromatic rings. The molecule has 1 N–H and O–H groups in total. The number of nitrogens with zero attached hydrogens (tertiary/aromatic N) is 1. The summed E-state index contributed by atoms with van der Waals surface area (Å²) in [7, 11) is 0. The summed E-state index contributed by atoms with van der Waals surface area (Å²) >= 11 is 1.19. The van der Waals surface area contributed by atoms with Crippen molar-refractivity contribution in [3.63, 3.8) is 0 Å². The number of nitrogens with one attached hydrogen (secondary N) is 1. The Morgan fingerprint density at radius 1 is 1.24 bits per heavy atom. The summed E-state index contributed by atoms with van der Waals surface area (Å²) in [5.41, 5.74) is 1.09. The second-order valence-corrected chi connectivity index (χ2v) is 5.84. The summed E-state index contributed by atoms with van der Waals surface area (Å²) in [6.45, 7) is 5.16. The van der Waals surface area contributed by atoms with Gasteiger partial charge >= 0.3 is 0 Å². The van der Waals surface area contributed by atoms with Crippen molar-refractivity contribution in [3.8, 4) is 0 Å². The van der Waals surface area contributed by atoms with Crippen LogP contribution in [0.2, 0.25) is 0 Å². The topological polar surface area (TPSA) is 24.9 Å². The van der Waals surface area contributed by atoms with Crippen molar-refractivity contribution in [2.24, 2.45) is 0 Å². The number of benzene rings is 1. The molecule has 0 amide bonds. The van der Waals surface area contributed by atoms with Gasteiger partial charge < -0.3 is 5.32 Å². The maximum atomic E-state index is 13.6. The molecular weight excluding hydrogens is 290 g/mol. The molecule has 0 aliphatic carbocycles. The molecule has 0 aliphatic heterocycles. The van der Waals surface area contributed by atoms with Crippen molar-refractivity contribution in [3.05, 3.63) is 53.7 Å². The molecule has 1 aromatic heterocycles. The lowest BCUT2D eigenvalue weighted by atomic mass is 10.1. The average molecular weight is 308 g/mol. The van der Waals surface area contributed by atoms with Crippen LogP contribution in [0.5, 0.6) is 0 Å². The van der Waals surface area contributed by atoms with Gasteiger partial charge in [-0.1, -0.05) is 24.8 Å². The van der Waals surface area contributed by atoms with Crippen LogP contribution in [0.25, 0.3) is 0 Å². The standard InChI is InChI=1S/C16H18F2N2S/c1-3-8-19-11(2)12-4-7-16(20-10-12)21-15-6-5-13(17)9-14(15)18/h4-7,9-11,19H,3,8H2,1-2H3. The Balaban J connectivity index is 2.05. The van der Waals surface area contributed by atoms with Gasteiger partial charge in [-0.15, -0.1) is 0 Å². The molecule has 0 saturated carbocycles. The van der Waals surface area contributed by atoms with E-state index >= 15 is 0 Å². The molecule has 0 spiro atoms. The Labute approximate surface area is 128 Å². The Morgan fingerprint density at radius 2 is 2.05 bits per heavy atom. The van der Waals surface area contributed by atoms with E-state index in [2.05, 4.69) is 24.1 Å². The molecule has 1 heterocycles. The first-order chi connectivity index (χ1) is 10.1. The fraction of sp³-hybridized carbons (Fsp3) is 0.312. The van der Waals surface area contributed by atoms with Gasteiger partial charge in [0.15, 0.2) is 0 Å². The highest BCUT2D eigenvalue weighted by Gasteiger charge is 2.08. The second-order valence-electron chi connectivity index (χ2n) is 4.78. The van der Waals surface area contributed by atoms with Crippen molar-refractivity contribution in [2.45, 2.75) is 36.2 Å². The monoisotopic (exact) mass is 308 g/mol. The highest BCUT2D eigenvalue weighted by Crippen LogP contribution is 2.29. The van der Waals surface area contributed by atoms with Gasteiger partial charge in [0.05, 0.1) is 0 Å². The van der Waals surface area contributed by atoms with Gasteiger partial charge in [-0.2, -0.15) is 0 Å². The van der Waals surface area contributed by atoms with Gasteiger partial charge in [-0.3, -0.25) is 0 Å². The van der Waals surface area contributed by atoms with Crippen LogP contribution in [-0.2, 0) is 0 Å². The van der Waals surface area contributed by atoms with Gasteiger partial charge in [-0.05, 0) is 43.7 Å². The van der Waals surface area contributed by atoms with Crippen molar-refractivity contribution in [1.82, 2.24) is 10.3 Å². The largest absolute Gasteiger partial charge is 0.310 e. The van der Waals surface area contributed by atoms with Crippen LogP contribution >= 0.6 is 11.8 Å². The minimum Gasteiger partial charge on any atom is -0.310 e. The summed E-state index contributed by atoms with van der Waals surface area (Å²) in [5, 5.41) is 4.07. The number of pyridine rings is 1. The van der Waals surface area contributed by atoms with Gasteiger partial charge in [0.2, 0.25) is 0 Å². The van der Waals surface area contributed by atoms with Crippen LogP contribution in [0, 0.1) is 11.6 Å². The van der Waals surface area contributed by atoms with E-state index in [1.807, 2.05) is 12.1 Å². The Morgan fingerprint density at radius 3 is 2.67 bits per heavy atom. The maximum Gasteiger partial charge on any atom is 0.140 e. The van der Waals surface area contributed by atoms with Gasteiger partial charge in [0.25, 0.3) is 0 Å². The molecular formula is C16H18F2N2S. The summed E-state index contributed by atoms with van der Waals surface area (Å²) < 4.78 is 26.4. The summed E-state index contributed by atoms with van der Waals surface area (Å²) in [5.74, 6) is -1.14. The van der Waals surface area contributed by atoms with Crippen LogP contribution in [-0.4, -0.2) is 11.5 Å². The van der Waals surface area contributed by atoms with Crippen molar-refractivity contribution in [2.75, 3.05) is 6.54 Å². The van der Waals surface area contributed by atoms with Crippen molar-refractivity contribution in [1.29, 1.82) is 0 Å². The second kappa shape index (κ2) is 7.52. The van der Waals surface area contributed by atoms with Crippen molar-refractivity contribution >= 4 is 11.8 Å². The molecule has 1 atom stereocenters. The molecule has 0 fully saturated rings. The van der Waals surface area contributed by atoms with Crippen LogP contribution < -0.4 is 5.32 Å². The molecule has 21 heavy (non-hydrogen) atoms. The fourth-order valence-electron chi connectivity index (χ4n) is 1.86. The van der Waals surface area contributed by atoms with E-state index in [0.29, 0.717) is 9.92 Å². The quantitative estimate of drug-likeness (QED) is 0.846. The highest BCUT2D eigenvalue weighted by atomic mass is 32.2. The smallest absolute Gasteiger partial charge is 0.140 e. The molecule has 0 radical (unpaired) electrons. The lowest BCUT2D eigenvalue weighted by Gasteiger charge is -2.13. The number of hydrogen-bond donors (Lipinski definition) is 1. The third kappa shape index (κ3) is 4.51. The van der Waals surface area contributed by atoms with Gasteiger partial charge in [0.1, 0.15) is 16.7 Å². The third-order valence-corrected chi connectivity index (χ3v) is 4.07. The first kappa shape index (κ1) is 15.9. The average Bonchev–Trinajstić information content (AvgIpc) is 2.48. The molecule has 0 bridgehead atoms. The summed E-state index contributed by atoms with van der Waals surface area (Å²) in [6, 6.07) is 7.62. The van der Waals surface area contributed by atoms with Crippen LogP contribution in [0.3, 0.4) is 0 Å². The Bertz CT molecular complexity index is 587. The predicted molar refractivity (Wildman–Crippen MR) is 81.4 cm³/mol. The highest BCUT2D eigenvalue weighted by molar-refractivity contribution is 7.99. The van der Waals surface area contributed by atoms with E-state index in [-0.39, 0.29) is 6.04 Å². The maximum absolute atomic E-state index is 13.6. The molecule has 112 valence electrons. The molecule has 1 aromatic carbocycles.